The number of rotatable bonds is 5. The van der Waals surface area contributed by atoms with Gasteiger partial charge < -0.3 is 11.1 Å². The van der Waals surface area contributed by atoms with Gasteiger partial charge in [0.15, 0.2) is 0 Å². The second-order valence-corrected chi connectivity index (χ2v) is 7.14. The highest BCUT2D eigenvalue weighted by atomic mass is 19.4. The Morgan fingerprint density at radius 1 is 1.12 bits per heavy atom. The molecule has 0 unspecified atom stereocenters. The van der Waals surface area contributed by atoms with Crippen molar-refractivity contribution >= 4 is 5.69 Å². The van der Waals surface area contributed by atoms with Gasteiger partial charge >= 0.3 is 6.18 Å². The first-order valence-electron chi connectivity index (χ1n) is 8.22. The van der Waals surface area contributed by atoms with E-state index < -0.39 is 11.9 Å². The number of aryl methyl sites for hydroxylation is 1. The number of nitrogen functional groups attached to an aromatic ring is 1. The lowest BCUT2D eigenvalue weighted by molar-refractivity contribution is -0.0964. The van der Waals surface area contributed by atoms with E-state index in [1.807, 2.05) is 13.0 Å². The lowest BCUT2D eigenvalue weighted by Crippen LogP contribution is -2.25. The van der Waals surface area contributed by atoms with Crippen molar-refractivity contribution in [1.82, 2.24) is 5.32 Å². The maximum atomic E-state index is 12.4. The predicted molar refractivity (Wildman–Crippen MR) is 96.7 cm³/mol. The van der Waals surface area contributed by atoms with Crippen LogP contribution in [0.4, 0.5) is 18.9 Å². The Balaban J connectivity index is 0.00000118. The number of nitrogens with one attached hydrogen (secondary N) is 1. The van der Waals surface area contributed by atoms with Crippen molar-refractivity contribution in [3.63, 3.8) is 0 Å². The van der Waals surface area contributed by atoms with Crippen LogP contribution in [0.3, 0.4) is 0 Å². The molecule has 0 aliphatic heterocycles. The minimum atomic E-state index is -4.42. The van der Waals surface area contributed by atoms with E-state index in [1.165, 1.54) is 0 Å². The third kappa shape index (κ3) is 8.85. The Morgan fingerprint density at radius 2 is 1.62 bits per heavy atom. The molecule has 24 heavy (non-hydrogen) atoms. The molecule has 0 bridgehead atoms. The van der Waals surface area contributed by atoms with Crippen molar-refractivity contribution in [2.45, 2.75) is 60.7 Å². The Kier molecular flexibility index (Phi) is 8.94. The van der Waals surface area contributed by atoms with Gasteiger partial charge in [-0.05, 0) is 47.9 Å². The minimum Gasteiger partial charge on any atom is -0.398 e. The van der Waals surface area contributed by atoms with E-state index in [9.17, 15) is 13.2 Å². The molecule has 0 aliphatic rings. The Morgan fingerprint density at radius 3 is 2.04 bits per heavy atom. The fourth-order valence-corrected chi connectivity index (χ4v) is 1.94. The number of halogens is 3. The van der Waals surface area contributed by atoms with Crippen LogP contribution in [0.15, 0.2) is 24.4 Å². The van der Waals surface area contributed by atoms with Crippen molar-refractivity contribution in [2.24, 2.45) is 11.8 Å². The van der Waals surface area contributed by atoms with Gasteiger partial charge in [0.1, 0.15) is 5.70 Å². The molecule has 0 spiro atoms. The highest BCUT2D eigenvalue weighted by Crippen LogP contribution is 2.24. The minimum absolute atomic E-state index is 0.0658. The standard InChI is InChI=1S/C15H21F3N2.C4H10/c1-9(2)5-12-6-10(3)13(7-14(12)19)8-20-11(4)15(16,17)18;1-4(2)3/h6-7,9,20H,4-5,8,19H2,1-3H3;4H,1-3H3. The summed E-state index contributed by atoms with van der Waals surface area (Å²) in [6.45, 7) is 15.6. The molecule has 2 nitrogen and oxygen atoms in total. The average molecular weight is 344 g/mol. The second-order valence-electron chi connectivity index (χ2n) is 7.14. The number of benzene rings is 1. The molecule has 0 atom stereocenters. The maximum absolute atomic E-state index is 12.4. The third-order valence-electron chi connectivity index (χ3n) is 3.06. The van der Waals surface area contributed by atoms with Crippen LogP contribution in [0.5, 0.6) is 0 Å². The Hall–Kier alpha value is -1.65. The summed E-state index contributed by atoms with van der Waals surface area (Å²) in [5, 5.41) is 2.29. The summed E-state index contributed by atoms with van der Waals surface area (Å²) in [6, 6.07) is 3.69. The molecule has 138 valence electrons. The number of hydrogen-bond donors (Lipinski definition) is 2. The first kappa shape index (κ1) is 22.4. The molecule has 0 aromatic heterocycles. The van der Waals surface area contributed by atoms with Crippen LogP contribution in [-0.2, 0) is 13.0 Å². The van der Waals surface area contributed by atoms with Crippen LogP contribution in [-0.4, -0.2) is 6.18 Å². The van der Waals surface area contributed by atoms with Gasteiger partial charge in [-0.2, -0.15) is 13.2 Å². The molecule has 0 fully saturated rings. The molecule has 0 amide bonds. The van der Waals surface area contributed by atoms with Crippen molar-refractivity contribution in [1.29, 1.82) is 0 Å². The first-order valence-corrected chi connectivity index (χ1v) is 8.22. The molecule has 0 saturated carbocycles. The van der Waals surface area contributed by atoms with Gasteiger partial charge in [0.05, 0.1) is 0 Å². The van der Waals surface area contributed by atoms with E-state index >= 15 is 0 Å². The van der Waals surface area contributed by atoms with E-state index in [2.05, 4.69) is 46.5 Å². The fraction of sp³-hybridized carbons (Fsp3) is 0.579. The number of nitrogens with two attached hydrogens (primary N) is 1. The molecule has 0 saturated heterocycles. The van der Waals surface area contributed by atoms with E-state index in [4.69, 9.17) is 5.73 Å². The van der Waals surface area contributed by atoms with Gasteiger partial charge in [-0.25, -0.2) is 0 Å². The van der Waals surface area contributed by atoms with Crippen LogP contribution < -0.4 is 11.1 Å². The summed E-state index contributed by atoms with van der Waals surface area (Å²) in [6.07, 6.45) is -3.56. The van der Waals surface area contributed by atoms with Crippen molar-refractivity contribution in [3.05, 3.63) is 41.1 Å². The lowest BCUT2D eigenvalue weighted by atomic mass is 9.96. The summed E-state index contributed by atoms with van der Waals surface area (Å²) < 4.78 is 37.1. The zero-order valence-electron chi connectivity index (χ0n) is 15.6. The highest BCUT2D eigenvalue weighted by Gasteiger charge is 2.31. The second kappa shape index (κ2) is 9.60. The number of allylic oxidation sites excluding steroid dienone is 1. The summed E-state index contributed by atoms with van der Waals surface area (Å²) in [7, 11) is 0. The van der Waals surface area contributed by atoms with Gasteiger partial charge in [-0.15, -0.1) is 0 Å². The van der Waals surface area contributed by atoms with E-state index in [-0.39, 0.29) is 6.54 Å². The quantitative estimate of drug-likeness (QED) is 0.682. The van der Waals surface area contributed by atoms with Crippen LogP contribution >= 0.6 is 0 Å². The first-order chi connectivity index (χ1) is 10.8. The largest absolute Gasteiger partial charge is 0.430 e. The molecule has 1 aromatic carbocycles. The van der Waals surface area contributed by atoms with Crippen LogP contribution in [0, 0.1) is 18.8 Å². The zero-order chi connectivity index (χ0) is 19.1. The zero-order valence-corrected chi connectivity index (χ0v) is 15.6. The molecule has 1 aromatic rings. The maximum Gasteiger partial charge on any atom is 0.430 e. The number of hydrogen-bond acceptors (Lipinski definition) is 2. The molecular weight excluding hydrogens is 313 g/mol. The molecule has 0 heterocycles. The normalized spacial score (nSPS) is 11.3. The summed E-state index contributed by atoms with van der Waals surface area (Å²) >= 11 is 0. The van der Waals surface area contributed by atoms with E-state index in [1.54, 1.807) is 6.07 Å². The number of alkyl halides is 3. The van der Waals surface area contributed by atoms with Crippen molar-refractivity contribution in [2.75, 3.05) is 5.73 Å². The summed E-state index contributed by atoms with van der Waals surface area (Å²) in [5.41, 5.74) is 8.36. The fourth-order valence-electron chi connectivity index (χ4n) is 1.94. The Labute approximate surface area is 144 Å². The molecule has 3 N–H and O–H groups in total. The van der Waals surface area contributed by atoms with Crippen LogP contribution in [0.1, 0.15) is 51.3 Å². The van der Waals surface area contributed by atoms with E-state index in [0.717, 1.165) is 29.0 Å². The molecule has 1 rings (SSSR count). The van der Waals surface area contributed by atoms with Gasteiger partial charge in [-0.1, -0.05) is 47.3 Å². The SMILES string of the molecule is C=C(NCc1cc(N)c(CC(C)C)cc1C)C(F)(F)F.CC(C)C. The third-order valence-corrected chi connectivity index (χ3v) is 3.06. The van der Waals surface area contributed by atoms with Crippen molar-refractivity contribution < 1.29 is 13.2 Å². The predicted octanol–water partition coefficient (Wildman–Crippen LogP) is 5.60. The van der Waals surface area contributed by atoms with Crippen LogP contribution in [0.25, 0.3) is 0 Å². The molecule has 0 aliphatic carbocycles. The van der Waals surface area contributed by atoms with Gasteiger partial charge in [0.2, 0.25) is 0 Å². The van der Waals surface area contributed by atoms with Crippen molar-refractivity contribution in [3.8, 4) is 0 Å². The molecule has 0 radical (unpaired) electrons. The average Bonchev–Trinajstić information content (AvgIpc) is 2.38. The molecular formula is C19H31F3N2. The molecule has 5 heteroatoms. The summed E-state index contributed by atoms with van der Waals surface area (Å²) in [4.78, 5) is 0. The smallest absolute Gasteiger partial charge is 0.398 e. The van der Waals surface area contributed by atoms with Gasteiger partial charge in [0.25, 0.3) is 0 Å². The van der Waals surface area contributed by atoms with Crippen LogP contribution in [0.2, 0.25) is 0 Å². The van der Waals surface area contributed by atoms with Gasteiger partial charge in [-0.3, -0.25) is 0 Å². The van der Waals surface area contributed by atoms with E-state index in [0.29, 0.717) is 11.6 Å². The highest BCUT2D eigenvalue weighted by molar-refractivity contribution is 5.52. The lowest BCUT2D eigenvalue weighted by Gasteiger charge is -2.16. The summed E-state index contributed by atoms with van der Waals surface area (Å²) in [5.74, 6) is 1.31. The number of anilines is 1. The van der Waals surface area contributed by atoms with Gasteiger partial charge in [0, 0.05) is 12.2 Å². The Bertz CT molecular complexity index is 529. The monoisotopic (exact) mass is 344 g/mol. The topological polar surface area (TPSA) is 38.0 Å².